The molecule has 0 radical (unpaired) electrons. The van der Waals surface area contributed by atoms with Crippen LogP contribution >= 0.6 is 15.9 Å². The largest absolute Gasteiger partial charge is 0.350 e. The number of hydrogen-bond donors (Lipinski definition) is 1. The molecule has 12 heavy (non-hydrogen) atoms. The minimum Gasteiger partial charge on any atom is -0.350 e. The van der Waals surface area contributed by atoms with Gasteiger partial charge < -0.3 is 5.32 Å². The summed E-state index contributed by atoms with van der Waals surface area (Å²) in [6.07, 6.45) is 4.35. The molecule has 1 atom stereocenters. The molecule has 0 spiro atoms. The van der Waals surface area contributed by atoms with Crippen molar-refractivity contribution in [3.8, 4) is 0 Å². The summed E-state index contributed by atoms with van der Waals surface area (Å²) in [7, 11) is 0. The van der Waals surface area contributed by atoms with Crippen molar-refractivity contribution in [3.63, 3.8) is 0 Å². The zero-order chi connectivity index (χ0) is 9.19. The van der Waals surface area contributed by atoms with Crippen molar-refractivity contribution in [2.24, 2.45) is 0 Å². The van der Waals surface area contributed by atoms with Crippen LogP contribution in [0, 0.1) is 0 Å². The summed E-state index contributed by atoms with van der Waals surface area (Å²) in [5, 5.41) is 3.06. The van der Waals surface area contributed by atoms with E-state index < -0.39 is 0 Å². The van der Waals surface area contributed by atoms with Crippen molar-refractivity contribution in [1.82, 2.24) is 5.32 Å². The molecule has 3 heteroatoms. The molecule has 1 saturated carbocycles. The summed E-state index contributed by atoms with van der Waals surface area (Å²) in [5.41, 5.74) is 0.0955. The molecule has 2 nitrogen and oxygen atoms in total. The standard InChI is InChI=1S/C9H16BrNO/c1-3-7(10)8(12)11-9(2)5-4-6-9/h7H,3-6H2,1-2H3,(H,11,12). The van der Waals surface area contributed by atoms with Crippen LogP contribution in [-0.2, 0) is 4.79 Å². The van der Waals surface area contributed by atoms with Gasteiger partial charge in [0.15, 0.2) is 0 Å². The molecule has 1 rings (SSSR count). The van der Waals surface area contributed by atoms with Crippen molar-refractivity contribution < 1.29 is 4.79 Å². The van der Waals surface area contributed by atoms with Crippen LogP contribution in [0.15, 0.2) is 0 Å². The smallest absolute Gasteiger partial charge is 0.234 e. The zero-order valence-electron chi connectivity index (χ0n) is 7.69. The van der Waals surface area contributed by atoms with Crippen molar-refractivity contribution in [3.05, 3.63) is 0 Å². The summed E-state index contributed by atoms with van der Waals surface area (Å²) < 4.78 is 0. The molecule has 0 aromatic heterocycles. The lowest BCUT2D eigenvalue weighted by atomic mass is 9.78. The first-order chi connectivity index (χ1) is 5.57. The van der Waals surface area contributed by atoms with Gasteiger partial charge in [0.05, 0.1) is 4.83 Å². The van der Waals surface area contributed by atoms with E-state index in [2.05, 4.69) is 28.2 Å². The molecule has 1 fully saturated rings. The van der Waals surface area contributed by atoms with Crippen LogP contribution in [-0.4, -0.2) is 16.3 Å². The molecule has 0 aromatic carbocycles. The molecular formula is C9H16BrNO. The average molecular weight is 234 g/mol. The molecule has 1 amide bonds. The van der Waals surface area contributed by atoms with Gasteiger partial charge in [-0.1, -0.05) is 22.9 Å². The third-order valence-electron chi connectivity index (χ3n) is 2.53. The Hall–Kier alpha value is -0.0500. The topological polar surface area (TPSA) is 29.1 Å². The van der Waals surface area contributed by atoms with Gasteiger partial charge in [-0.05, 0) is 32.6 Å². The number of halogens is 1. The van der Waals surface area contributed by atoms with E-state index in [9.17, 15) is 4.79 Å². The summed E-state index contributed by atoms with van der Waals surface area (Å²) in [5.74, 6) is 0.139. The molecule has 1 aliphatic carbocycles. The Morgan fingerprint density at radius 1 is 1.67 bits per heavy atom. The van der Waals surface area contributed by atoms with Gasteiger partial charge in [-0.2, -0.15) is 0 Å². The number of nitrogens with one attached hydrogen (secondary N) is 1. The molecule has 1 aliphatic rings. The summed E-state index contributed by atoms with van der Waals surface area (Å²) in [6.45, 7) is 4.12. The third-order valence-corrected chi connectivity index (χ3v) is 3.59. The first-order valence-corrected chi connectivity index (χ1v) is 5.45. The highest BCUT2D eigenvalue weighted by atomic mass is 79.9. The fraction of sp³-hybridized carbons (Fsp3) is 0.889. The quantitative estimate of drug-likeness (QED) is 0.745. The maximum atomic E-state index is 11.4. The average Bonchev–Trinajstić information content (AvgIpc) is 2.00. The van der Waals surface area contributed by atoms with Gasteiger partial charge in [0, 0.05) is 5.54 Å². The van der Waals surface area contributed by atoms with Crippen LogP contribution in [0.5, 0.6) is 0 Å². The summed E-state index contributed by atoms with van der Waals surface area (Å²) in [4.78, 5) is 11.4. The van der Waals surface area contributed by atoms with E-state index in [0.717, 1.165) is 19.3 Å². The van der Waals surface area contributed by atoms with E-state index in [4.69, 9.17) is 0 Å². The molecular weight excluding hydrogens is 218 g/mol. The van der Waals surface area contributed by atoms with E-state index in [1.165, 1.54) is 6.42 Å². The molecule has 0 aromatic rings. The Labute approximate surface area is 82.2 Å². The molecule has 0 bridgehead atoms. The number of amides is 1. The predicted octanol–water partition coefficient (Wildman–Crippen LogP) is 2.22. The zero-order valence-corrected chi connectivity index (χ0v) is 9.28. The molecule has 0 heterocycles. The predicted molar refractivity (Wildman–Crippen MR) is 53.4 cm³/mol. The monoisotopic (exact) mass is 233 g/mol. The van der Waals surface area contributed by atoms with Crippen molar-refractivity contribution in [2.45, 2.75) is 49.9 Å². The number of alkyl halides is 1. The van der Waals surface area contributed by atoms with Crippen LogP contribution in [0.25, 0.3) is 0 Å². The SMILES string of the molecule is CCC(Br)C(=O)NC1(C)CCC1. The Morgan fingerprint density at radius 3 is 2.58 bits per heavy atom. The first-order valence-electron chi connectivity index (χ1n) is 4.53. The van der Waals surface area contributed by atoms with E-state index in [1.807, 2.05) is 6.92 Å². The van der Waals surface area contributed by atoms with Crippen molar-refractivity contribution >= 4 is 21.8 Å². The third kappa shape index (κ3) is 2.22. The normalized spacial score (nSPS) is 22.6. The fourth-order valence-electron chi connectivity index (χ4n) is 1.39. The maximum absolute atomic E-state index is 11.4. The van der Waals surface area contributed by atoms with Gasteiger partial charge in [0.2, 0.25) is 5.91 Å². The van der Waals surface area contributed by atoms with Crippen LogP contribution in [0.2, 0.25) is 0 Å². The minimum atomic E-state index is -0.0186. The minimum absolute atomic E-state index is 0.0186. The van der Waals surface area contributed by atoms with E-state index in [1.54, 1.807) is 0 Å². The van der Waals surface area contributed by atoms with Crippen molar-refractivity contribution in [2.75, 3.05) is 0 Å². The fourth-order valence-corrected chi connectivity index (χ4v) is 1.51. The summed E-state index contributed by atoms with van der Waals surface area (Å²) >= 11 is 3.34. The second kappa shape index (κ2) is 3.77. The highest BCUT2D eigenvalue weighted by Crippen LogP contribution is 2.31. The molecule has 1 N–H and O–H groups in total. The number of carbonyl (C=O) groups excluding carboxylic acids is 1. The lowest BCUT2D eigenvalue weighted by Gasteiger charge is -2.39. The molecule has 0 aliphatic heterocycles. The van der Waals surface area contributed by atoms with Gasteiger partial charge in [0.1, 0.15) is 0 Å². The highest BCUT2D eigenvalue weighted by Gasteiger charge is 2.34. The van der Waals surface area contributed by atoms with Crippen LogP contribution in [0.1, 0.15) is 39.5 Å². The second-order valence-corrected chi connectivity index (χ2v) is 4.88. The number of carbonyl (C=O) groups is 1. The lowest BCUT2D eigenvalue weighted by molar-refractivity contribution is -0.123. The van der Waals surface area contributed by atoms with Gasteiger partial charge in [0.25, 0.3) is 0 Å². The van der Waals surface area contributed by atoms with E-state index in [-0.39, 0.29) is 16.3 Å². The van der Waals surface area contributed by atoms with Crippen molar-refractivity contribution in [1.29, 1.82) is 0 Å². The Kier molecular flexibility index (Phi) is 3.16. The Balaban J connectivity index is 2.35. The molecule has 0 saturated heterocycles. The van der Waals surface area contributed by atoms with Crippen LogP contribution < -0.4 is 5.32 Å². The van der Waals surface area contributed by atoms with Crippen LogP contribution in [0.4, 0.5) is 0 Å². The maximum Gasteiger partial charge on any atom is 0.234 e. The Morgan fingerprint density at radius 2 is 2.25 bits per heavy atom. The lowest BCUT2D eigenvalue weighted by Crippen LogP contribution is -2.52. The van der Waals surface area contributed by atoms with Gasteiger partial charge in [-0.25, -0.2) is 0 Å². The van der Waals surface area contributed by atoms with Gasteiger partial charge >= 0.3 is 0 Å². The van der Waals surface area contributed by atoms with Crippen LogP contribution in [0.3, 0.4) is 0 Å². The molecule has 1 unspecified atom stereocenters. The van der Waals surface area contributed by atoms with Gasteiger partial charge in [-0.3, -0.25) is 4.79 Å². The second-order valence-electron chi connectivity index (χ2n) is 3.78. The summed E-state index contributed by atoms with van der Waals surface area (Å²) in [6, 6.07) is 0. The van der Waals surface area contributed by atoms with E-state index in [0.29, 0.717) is 0 Å². The number of rotatable bonds is 3. The van der Waals surface area contributed by atoms with E-state index >= 15 is 0 Å². The first kappa shape index (κ1) is 10.0. The number of hydrogen-bond acceptors (Lipinski definition) is 1. The molecule has 70 valence electrons. The van der Waals surface area contributed by atoms with Gasteiger partial charge in [-0.15, -0.1) is 0 Å². The highest BCUT2D eigenvalue weighted by molar-refractivity contribution is 9.10. The Bertz CT molecular complexity index is 177.